The smallest absolute Gasteiger partial charge is 0.250 e. The Labute approximate surface area is 165 Å². The van der Waals surface area contributed by atoms with E-state index in [-0.39, 0.29) is 5.91 Å². The predicted octanol–water partition coefficient (Wildman–Crippen LogP) is 4.18. The lowest BCUT2D eigenvalue weighted by Gasteiger charge is -2.11. The zero-order chi connectivity index (χ0) is 19.5. The third kappa shape index (κ3) is 7.35. The molecule has 5 nitrogen and oxygen atoms in total. The highest BCUT2D eigenvalue weighted by molar-refractivity contribution is 7.99. The number of carbonyl (C=O) groups excluding carboxylic acids is 1. The number of ether oxygens (including phenoxy) is 2. The Hall–Kier alpha value is -2.47. The molecule has 2 aromatic rings. The second kappa shape index (κ2) is 11.3. The number of benzene rings is 2. The van der Waals surface area contributed by atoms with Crippen molar-refractivity contribution in [3.05, 3.63) is 59.2 Å². The summed E-state index contributed by atoms with van der Waals surface area (Å²) >= 11 is 1.56. The van der Waals surface area contributed by atoms with Gasteiger partial charge in [-0.05, 0) is 50.1 Å². The van der Waals surface area contributed by atoms with Crippen LogP contribution in [0.1, 0.15) is 30.5 Å². The monoisotopic (exact) mass is 386 g/mol. The van der Waals surface area contributed by atoms with Gasteiger partial charge >= 0.3 is 0 Å². The van der Waals surface area contributed by atoms with E-state index in [1.807, 2.05) is 32.0 Å². The summed E-state index contributed by atoms with van der Waals surface area (Å²) in [5.74, 6) is 2.41. The maximum absolute atomic E-state index is 11.9. The molecule has 0 heterocycles. The fourth-order valence-corrected chi connectivity index (χ4v) is 3.09. The van der Waals surface area contributed by atoms with Gasteiger partial charge in [-0.1, -0.05) is 29.8 Å². The third-order valence-electron chi connectivity index (χ3n) is 3.59. The van der Waals surface area contributed by atoms with Crippen LogP contribution in [0.5, 0.6) is 11.5 Å². The van der Waals surface area contributed by atoms with Gasteiger partial charge in [0.1, 0.15) is 0 Å². The number of carbonyl (C=O) groups is 1. The first-order valence-electron chi connectivity index (χ1n) is 8.97. The standard InChI is InChI=1S/C21H26N2O3S/c1-4-25-19-11-10-18(12-20(19)26-5-2)13-22-23-21(24)15-27-14-17-8-6-16(3)7-9-17/h6-13H,4-5,14-15H2,1-3H3,(H,23,24)/b22-13+. The Morgan fingerprint density at radius 1 is 1.07 bits per heavy atom. The molecule has 2 rings (SSSR count). The maximum atomic E-state index is 11.9. The minimum absolute atomic E-state index is 0.126. The molecule has 144 valence electrons. The molecule has 0 atom stereocenters. The fraction of sp³-hybridized carbons (Fsp3) is 0.333. The molecule has 0 aliphatic rings. The molecule has 0 aliphatic carbocycles. The van der Waals surface area contributed by atoms with Crippen molar-refractivity contribution in [2.45, 2.75) is 26.5 Å². The molecule has 0 aliphatic heterocycles. The molecular weight excluding hydrogens is 360 g/mol. The van der Waals surface area contributed by atoms with Crippen molar-refractivity contribution in [2.75, 3.05) is 19.0 Å². The zero-order valence-electron chi connectivity index (χ0n) is 16.0. The van der Waals surface area contributed by atoms with Crippen molar-refractivity contribution in [1.29, 1.82) is 0 Å². The summed E-state index contributed by atoms with van der Waals surface area (Å²) in [6.45, 7) is 7.03. The lowest BCUT2D eigenvalue weighted by Crippen LogP contribution is -2.19. The molecule has 0 spiro atoms. The summed E-state index contributed by atoms with van der Waals surface area (Å²) in [5.41, 5.74) is 5.83. The summed E-state index contributed by atoms with van der Waals surface area (Å²) in [6, 6.07) is 13.9. The van der Waals surface area contributed by atoms with E-state index >= 15 is 0 Å². The van der Waals surface area contributed by atoms with E-state index < -0.39 is 0 Å². The SMILES string of the molecule is CCOc1ccc(/C=N/NC(=O)CSCc2ccc(C)cc2)cc1OCC. The first-order valence-corrected chi connectivity index (χ1v) is 10.1. The van der Waals surface area contributed by atoms with Gasteiger partial charge in [0.25, 0.3) is 0 Å². The van der Waals surface area contributed by atoms with Gasteiger partial charge in [-0.2, -0.15) is 5.10 Å². The highest BCUT2D eigenvalue weighted by Gasteiger charge is 2.05. The number of aryl methyl sites for hydroxylation is 1. The van der Waals surface area contributed by atoms with Crippen molar-refractivity contribution in [3.63, 3.8) is 0 Å². The van der Waals surface area contributed by atoms with Gasteiger partial charge in [0.15, 0.2) is 11.5 Å². The molecule has 0 saturated carbocycles. The van der Waals surface area contributed by atoms with Gasteiger partial charge < -0.3 is 9.47 Å². The molecule has 0 saturated heterocycles. The molecule has 0 radical (unpaired) electrons. The van der Waals surface area contributed by atoms with Crippen molar-refractivity contribution in [2.24, 2.45) is 5.10 Å². The Morgan fingerprint density at radius 2 is 1.78 bits per heavy atom. The number of thioether (sulfide) groups is 1. The highest BCUT2D eigenvalue weighted by atomic mass is 32.2. The van der Waals surface area contributed by atoms with Crippen molar-refractivity contribution in [1.82, 2.24) is 5.43 Å². The number of rotatable bonds is 10. The molecular formula is C21H26N2O3S. The minimum Gasteiger partial charge on any atom is -0.490 e. The second-order valence-electron chi connectivity index (χ2n) is 5.84. The largest absolute Gasteiger partial charge is 0.490 e. The van der Waals surface area contributed by atoms with Crippen LogP contribution >= 0.6 is 11.8 Å². The highest BCUT2D eigenvalue weighted by Crippen LogP contribution is 2.27. The van der Waals surface area contributed by atoms with E-state index in [9.17, 15) is 4.79 Å². The average Bonchev–Trinajstić information content (AvgIpc) is 2.66. The van der Waals surface area contributed by atoms with Crippen LogP contribution in [0.4, 0.5) is 0 Å². The van der Waals surface area contributed by atoms with Gasteiger partial charge in [-0.15, -0.1) is 11.8 Å². The first-order chi connectivity index (χ1) is 13.1. The fourth-order valence-electron chi connectivity index (χ4n) is 2.30. The molecule has 6 heteroatoms. The number of hydrogen-bond acceptors (Lipinski definition) is 5. The second-order valence-corrected chi connectivity index (χ2v) is 6.83. The topological polar surface area (TPSA) is 59.9 Å². The number of hydrogen-bond donors (Lipinski definition) is 1. The maximum Gasteiger partial charge on any atom is 0.250 e. The summed E-state index contributed by atoms with van der Waals surface area (Å²) in [5, 5.41) is 4.02. The van der Waals surface area contributed by atoms with E-state index in [0.717, 1.165) is 11.3 Å². The summed E-state index contributed by atoms with van der Waals surface area (Å²) in [6.07, 6.45) is 1.60. The van der Waals surface area contributed by atoms with E-state index in [4.69, 9.17) is 9.47 Å². The number of nitrogens with one attached hydrogen (secondary N) is 1. The number of hydrazone groups is 1. The zero-order valence-corrected chi connectivity index (χ0v) is 16.8. The molecule has 0 unspecified atom stereocenters. The first kappa shape index (κ1) is 20.8. The summed E-state index contributed by atoms with van der Waals surface area (Å²) < 4.78 is 11.1. The van der Waals surface area contributed by atoms with Crippen LogP contribution in [0.15, 0.2) is 47.6 Å². The van der Waals surface area contributed by atoms with Crippen molar-refractivity contribution in [3.8, 4) is 11.5 Å². The Bertz CT molecular complexity index is 761. The quantitative estimate of drug-likeness (QED) is 0.492. The predicted molar refractivity (Wildman–Crippen MR) is 112 cm³/mol. The number of amides is 1. The number of nitrogens with zero attached hydrogens (tertiary/aromatic N) is 1. The lowest BCUT2D eigenvalue weighted by molar-refractivity contribution is -0.118. The minimum atomic E-state index is -0.126. The van der Waals surface area contributed by atoms with Gasteiger partial charge in [-0.25, -0.2) is 5.43 Å². The molecule has 2 aromatic carbocycles. The van der Waals surface area contributed by atoms with Crippen LogP contribution in [0.2, 0.25) is 0 Å². The van der Waals surface area contributed by atoms with E-state index in [0.29, 0.717) is 30.5 Å². The van der Waals surface area contributed by atoms with Crippen LogP contribution in [0, 0.1) is 6.92 Å². The molecule has 27 heavy (non-hydrogen) atoms. The van der Waals surface area contributed by atoms with Crippen LogP contribution in [-0.2, 0) is 10.5 Å². The lowest BCUT2D eigenvalue weighted by atomic mass is 10.2. The van der Waals surface area contributed by atoms with E-state index in [1.54, 1.807) is 18.0 Å². The van der Waals surface area contributed by atoms with Gasteiger partial charge in [0.05, 0.1) is 25.2 Å². The normalized spacial score (nSPS) is 10.8. The van der Waals surface area contributed by atoms with Crippen LogP contribution in [0.25, 0.3) is 0 Å². The molecule has 0 aromatic heterocycles. The van der Waals surface area contributed by atoms with E-state index in [2.05, 4.69) is 41.7 Å². The van der Waals surface area contributed by atoms with Crippen LogP contribution in [-0.4, -0.2) is 31.1 Å². The third-order valence-corrected chi connectivity index (χ3v) is 4.60. The average molecular weight is 387 g/mol. The van der Waals surface area contributed by atoms with Crippen molar-refractivity contribution >= 4 is 23.9 Å². The Kier molecular flexibility index (Phi) is 8.71. The van der Waals surface area contributed by atoms with Gasteiger partial charge in [0, 0.05) is 5.75 Å². The van der Waals surface area contributed by atoms with Crippen LogP contribution in [0.3, 0.4) is 0 Å². The van der Waals surface area contributed by atoms with E-state index in [1.165, 1.54) is 11.1 Å². The summed E-state index contributed by atoms with van der Waals surface area (Å²) in [4.78, 5) is 11.9. The Balaban J connectivity index is 1.80. The summed E-state index contributed by atoms with van der Waals surface area (Å²) in [7, 11) is 0. The van der Waals surface area contributed by atoms with Gasteiger partial charge in [0.2, 0.25) is 5.91 Å². The Morgan fingerprint density at radius 3 is 2.48 bits per heavy atom. The molecule has 1 amide bonds. The molecule has 0 bridgehead atoms. The molecule has 0 fully saturated rings. The van der Waals surface area contributed by atoms with Gasteiger partial charge in [-0.3, -0.25) is 4.79 Å². The van der Waals surface area contributed by atoms with Crippen LogP contribution < -0.4 is 14.9 Å². The molecule has 1 N–H and O–H groups in total. The van der Waals surface area contributed by atoms with Crippen molar-refractivity contribution < 1.29 is 14.3 Å².